The molecular weight excluding hydrogens is 755 g/mol. The molecule has 0 unspecified atom stereocenters. The number of hydrogen-bond donors (Lipinski definition) is 0. The summed E-state index contributed by atoms with van der Waals surface area (Å²) in [6.07, 6.45) is 0.0875. The largest absolute Gasteiger partial charge is 0.499 e. The Labute approximate surface area is 298 Å². The minimum Gasteiger partial charge on any atom is -0.499 e. The van der Waals surface area contributed by atoms with Gasteiger partial charge in [-0.1, -0.05) is 84.4 Å². The molecule has 231 valence electrons. The standard InChI is InChI=1S/C24H17N2O.C18H14N.Ir/c1-16-7-9-23-24(26-16)20-15-19(8-10-22(20)27-23)21-14-18(11-12-25-21)13-17-5-3-2-4-6-17;1-2-6-15(7-3-1)14-16-9-11-17(12-10-16)18-8-4-5-13-19-18;/h2-7,9-12,14-15H,13H2,1H3;1-11,13H,14H2;/q2*-1;/i1D3,13D2;14D2;. The van der Waals surface area contributed by atoms with Gasteiger partial charge in [0.15, 0.2) is 0 Å². The summed E-state index contributed by atoms with van der Waals surface area (Å²) in [7, 11) is 0. The van der Waals surface area contributed by atoms with Crippen molar-refractivity contribution in [3.05, 3.63) is 186 Å². The van der Waals surface area contributed by atoms with Crippen LogP contribution in [0.1, 0.15) is 37.5 Å². The molecule has 0 bridgehead atoms. The Hall–Kier alpha value is -5.22. The van der Waals surface area contributed by atoms with Gasteiger partial charge >= 0.3 is 0 Å². The summed E-state index contributed by atoms with van der Waals surface area (Å²) in [5.41, 5.74) is 6.62. The second kappa shape index (κ2) is 14.9. The van der Waals surface area contributed by atoms with Gasteiger partial charge in [0.1, 0.15) is 5.58 Å². The van der Waals surface area contributed by atoms with E-state index in [0.29, 0.717) is 55.6 Å². The molecule has 5 heteroatoms. The number of pyridine rings is 3. The topological polar surface area (TPSA) is 51.8 Å². The minimum absolute atomic E-state index is 0. The Bertz CT molecular complexity index is 2490. The van der Waals surface area contributed by atoms with Crippen molar-refractivity contribution in [1.29, 1.82) is 0 Å². The van der Waals surface area contributed by atoms with Gasteiger partial charge in [0, 0.05) is 47.8 Å². The van der Waals surface area contributed by atoms with Crippen LogP contribution >= 0.6 is 0 Å². The van der Waals surface area contributed by atoms with Gasteiger partial charge < -0.3 is 14.4 Å². The van der Waals surface area contributed by atoms with E-state index in [0.717, 1.165) is 11.3 Å². The smallest absolute Gasteiger partial charge is 0.139 e. The van der Waals surface area contributed by atoms with Crippen LogP contribution < -0.4 is 0 Å². The molecule has 0 aliphatic rings. The van der Waals surface area contributed by atoms with Gasteiger partial charge in [0.05, 0.1) is 11.1 Å². The van der Waals surface area contributed by atoms with Crippen molar-refractivity contribution in [2.45, 2.75) is 19.6 Å². The number of benzene rings is 4. The predicted molar refractivity (Wildman–Crippen MR) is 185 cm³/mol. The summed E-state index contributed by atoms with van der Waals surface area (Å²) in [6.45, 7) is -2.32. The average molecular weight is 793 g/mol. The number of rotatable bonds is 6. The fraction of sp³-hybridized carbons (Fsp3) is 0.0714. The van der Waals surface area contributed by atoms with Crippen LogP contribution in [-0.4, -0.2) is 15.0 Å². The molecule has 4 aromatic heterocycles. The molecule has 0 spiro atoms. The van der Waals surface area contributed by atoms with Crippen LogP contribution in [0.2, 0.25) is 0 Å². The third-order valence-electron chi connectivity index (χ3n) is 7.16. The van der Waals surface area contributed by atoms with Crippen LogP contribution in [0.3, 0.4) is 0 Å². The van der Waals surface area contributed by atoms with Gasteiger partial charge in [-0.15, -0.1) is 59.2 Å². The zero-order valence-electron chi connectivity index (χ0n) is 31.9. The zero-order valence-corrected chi connectivity index (χ0v) is 27.3. The second-order valence-corrected chi connectivity index (χ2v) is 10.4. The molecule has 47 heavy (non-hydrogen) atoms. The van der Waals surface area contributed by atoms with Crippen LogP contribution in [0, 0.1) is 19.0 Å². The molecule has 0 aliphatic heterocycles. The maximum atomic E-state index is 8.61. The first-order chi connectivity index (χ1) is 25.4. The van der Waals surface area contributed by atoms with Gasteiger partial charge in [-0.3, -0.25) is 4.98 Å². The molecule has 0 atom stereocenters. The fourth-order valence-electron chi connectivity index (χ4n) is 4.95. The molecule has 4 nitrogen and oxygen atoms in total. The first kappa shape index (κ1) is 24.0. The van der Waals surface area contributed by atoms with Crippen LogP contribution in [0.25, 0.3) is 44.6 Å². The van der Waals surface area contributed by atoms with Crippen LogP contribution in [0.5, 0.6) is 0 Å². The first-order valence-electron chi connectivity index (χ1n) is 18.2. The molecule has 0 N–H and O–H groups in total. The fourth-order valence-corrected chi connectivity index (χ4v) is 4.95. The maximum Gasteiger partial charge on any atom is 0.139 e. The number of fused-ring (bicyclic) bond motifs is 3. The van der Waals surface area contributed by atoms with Crippen molar-refractivity contribution in [2.24, 2.45) is 0 Å². The molecule has 4 heterocycles. The molecule has 4 aromatic carbocycles. The monoisotopic (exact) mass is 793 g/mol. The van der Waals surface area contributed by atoms with Crippen molar-refractivity contribution in [2.75, 3.05) is 0 Å². The van der Waals surface area contributed by atoms with Crippen molar-refractivity contribution in [3.8, 4) is 22.5 Å². The Morgan fingerprint density at radius 2 is 1.34 bits per heavy atom. The number of hydrogen-bond acceptors (Lipinski definition) is 4. The molecule has 0 saturated heterocycles. The van der Waals surface area contributed by atoms with Gasteiger partial charge in [-0.2, -0.15) is 0 Å². The SMILES string of the molecule is [2H]C([2H])([2H])c1ccc2oc3c[c-]c(-c4cc(C([2H])([2H])c5ccccc5)ccn4)cc3c2n1.[2H]C([2H])(c1c[c-]c(-c2ccccn2)cc1)c1ccccc1.[Ir]. The molecule has 0 aliphatic carbocycles. The second-order valence-electron chi connectivity index (χ2n) is 10.4. The molecule has 8 aromatic rings. The molecule has 0 amide bonds. The van der Waals surface area contributed by atoms with E-state index in [1.807, 2.05) is 60.7 Å². The van der Waals surface area contributed by atoms with Gasteiger partial charge in [-0.05, 0) is 71.8 Å². The van der Waals surface area contributed by atoms with E-state index >= 15 is 0 Å². The van der Waals surface area contributed by atoms with Crippen LogP contribution in [0.15, 0.2) is 150 Å². The summed E-state index contributed by atoms with van der Waals surface area (Å²) < 4.78 is 62.5. The van der Waals surface area contributed by atoms with Crippen molar-refractivity contribution >= 4 is 22.1 Å². The van der Waals surface area contributed by atoms with E-state index in [-0.39, 0.29) is 25.8 Å². The third-order valence-corrected chi connectivity index (χ3v) is 7.16. The van der Waals surface area contributed by atoms with Crippen molar-refractivity contribution in [3.63, 3.8) is 0 Å². The third kappa shape index (κ3) is 7.78. The normalized spacial score (nSPS) is 13.7. The Balaban J connectivity index is 0.000000197. The minimum atomic E-state index is -2.32. The summed E-state index contributed by atoms with van der Waals surface area (Å²) in [5, 5.41) is 0.651. The van der Waals surface area contributed by atoms with Crippen LogP contribution in [0.4, 0.5) is 0 Å². The van der Waals surface area contributed by atoms with Gasteiger partial charge in [-0.25, -0.2) is 0 Å². The van der Waals surface area contributed by atoms with E-state index in [1.54, 1.807) is 79.1 Å². The van der Waals surface area contributed by atoms with Crippen LogP contribution in [-0.2, 0) is 32.9 Å². The van der Waals surface area contributed by atoms with E-state index in [1.165, 1.54) is 6.07 Å². The molecular formula is C42H31IrN3O-2. The number of furan rings is 1. The summed E-state index contributed by atoms with van der Waals surface area (Å²) in [5.74, 6) is 0. The quantitative estimate of drug-likeness (QED) is 0.158. The molecule has 0 fully saturated rings. The van der Waals surface area contributed by atoms with Crippen molar-refractivity contribution in [1.82, 2.24) is 15.0 Å². The van der Waals surface area contributed by atoms with Gasteiger partial charge in [0.2, 0.25) is 0 Å². The summed E-state index contributed by atoms with van der Waals surface area (Å²) in [6, 6.07) is 45.4. The number of aryl methyl sites for hydroxylation is 1. The number of nitrogens with zero attached hydrogens (tertiary/aromatic N) is 3. The Kier molecular flexibility index (Phi) is 7.62. The van der Waals surface area contributed by atoms with E-state index < -0.39 is 19.6 Å². The first-order valence-corrected chi connectivity index (χ1v) is 14.7. The summed E-state index contributed by atoms with van der Waals surface area (Å²) in [4.78, 5) is 13.0. The Morgan fingerprint density at radius 3 is 2.04 bits per heavy atom. The van der Waals surface area contributed by atoms with E-state index in [9.17, 15) is 0 Å². The van der Waals surface area contributed by atoms with E-state index in [2.05, 4.69) is 27.1 Å². The number of aromatic nitrogens is 3. The van der Waals surface area contributed by atoms with Crippen molar-refractivity contribution < 1.29 is 34.1 Å². The maximum absolute atomic E-state index is 8.61. The van der Waals surface area contributed by atoms with E-state index in [4.69, 9.17) is 14.0 Å². The molecule has 8 rings (SSSR count). The Morgan fingerprint density at radius 1 is 0.617 bits per heavy atom. The summed E-state index contributed by atoms with van der Waals surface area (Å²) >= 11 is 0. The van der Waals surface area contributed by atoms with Gasteiger partial charge in [0.25, 0.3) is 0 Å². The predicted octanol–water partition coefficient (Wildman–Crippen LogP) is 9.88. The molecule has 1 radical (unpaired) electrons. The zero-order chi connectivity index (χ0) is 37.2. The molecule has 0 saturated carbocycles. The average Bonchev–Trinajstić information content (AvgIpc) is 3.56.